The number of nitrogen functional groups attached to an aromatic ring is 1. The van der Waals surface area contributed by atoms with Gasteiger partial charge >= 0.3 is 0 Å². The lowest BCUT2D eigenvalue weighted by Crippen LogP contribution is -2.14. The third-order valence-corrected chi connectivity index (χ3v) is 2.82. The van der Waals surface area contributed by atoms with Gasteiger partial charge < -0.3 is 11.1 Å². The van der Waals surface area contributed by atoms with Crippen LogP contribution in [0.25, 0.3) is 0 Å². The van der Waals surface area contributed by atoms with Crippen molar-refractivity contribution in [2.75, 3.05) is 11.1 Å². The van der Waals surface area contributed by atoms with Crippen molar-refractivity contribution in [1.82, 2.24) is 4.98 Å². The van der Waals surface area contributed by atoms with Gasteiger partial charge in [-0.05, 0) is 37.3 Å². The Balaban J connectivity index is 2.32. The fourth-order valence-electron chi connectivity index (χ4n) is 1.74. The first kappa shape index (κ1) is 13.8. The number of aromatic nitrogens is 1. The van der Waals surface area contributed by atoms with Gasteiger partial charge in [0.1, 0.15) is 11.9 Å². The topological polar surface area (TPSA) is 91.8 Å². The van der Waals surface area contributed by atoms with Crippen molar-refractivity contribution >= 4 is 29.0 Å². The Kier molecular flexibility index (Phi) is 3.87. The van der Waals surface area contributed by atoms with Gasteiger partial charge in [0.25, 0.3) is 5.91 Å². The summed E-state index contributed by atoms with van der Waals surface area (Å²) in [5.41, 5.74) is 7.31. The summed E-state index contributed by atoms with van der Waals surface area (Å²) in [6.07, 6.45) is 0. The monoisotopic (exact) mass is 286 g/mol. The van der Waals surface area contributed by atoms with Gasteiger partial charge in [-0.1, -0.05) is 11.6 Å². The Morgan fingerprint density at radius 1 is 1.40 bits per heavy atom. The number of anilines is 2. The smallest absolute Gasteiger partial charge is 0.255 e. The summed E-state index contributed by atoms with van der Waals surface area (Å²) in [5.74, 6) is -0.109. The fourth-order valence-corrected chi connectivity index (χ4v) is 1.91. The Labute approximate surface area is 121 Å². The first-order valence-electron chi connectivity index (χ1n) is 5.75. The highest BCUT2D eigenvalue weighted by Crippen LogP contribution is 2.21. The lowest BCUT2D eigenvalue weighted by atomic mass is 10.1. The number of rotatable bonds is 2. The Morgan fingerprint density at radius 3 is 2.80 bits per heavy atom. The van der Waals surface area contributed by atoms with Crippen LogP contribution >= 0.6 is 11.6 Å². The minimum atomic E-state index is -0.374. The van der Waals surface area contributed by atoms with E-state index in [9.17, 15) is 4.79 Å². The molecule has 1 heterocycles. The second-order valence-electron chi connectivity index (χ2n) is 4.18. The van der Waals surface area contributed by atoms with Crippen LogP contribution in [0.4, 0.5) is 11.5 Å². The van der Waals surface area contributed by atoms with E-state index in [1.54, 1.807) is 25.1 Å². The van der Waals surface area contributed by atoms with E-state index in [0.29, 0.717) is 27.5 Å². The summed E-state index contributed by atoms with van der Waals surface area (Å²) >= 11 is 5.86. The van der Waals surface area contributed by atoms with Crippen LogP contribution in [0, 0.1) is 18.3 Å². The maximum absolute atomic E-state index is 12.2. The van der Waals surface area contributed by atoms with Gasteiger partial charge in [0, 0.05) is 16.3 Å². The van der Waals surface area contributed by atoms with E-state index in [1.165, 1.54) is 12.1 Å². The Bertz CT molecular complexity index is 701. The van der Waals surface area contributed by atoms with Gasteiger partial charge in [-0.3, -0.25) is 4.79 Å². The summed E-state index contributed by atoms with van der Waals surface area (Å²) in [5, 5.41) is 12.1. The molecule has 100 valence electrons. The van der Waals surface area contributed by atoms with Crippen LogP contribution in [0.5, 0.6) is 0 Å². The molecular weight excluding hydrogens is 276 g/mol. The number of benzene rings is 1. The van der Waals surface area contributed by atoms with Crippen molar-refractivity contribution in [3.05, 3.63) is 52.2 Å². The zero-order valence-corrected chi connectivity index (χ0v) is 11.4. The van der Waals surface area contributed by atoms with Crippen molar-refractivity contribution in [3.8, 4) is 6.07 Å². The van der Waals surface area contributed by atoms with Crippen molar-refractivity contribution in [3.63, 3.8) is 0 Å². The first-order valence-corrected chi connectivity index (χ1v) is 6.12. The summed E-state index contributed by atoms with van der Waals surface area (Å²) in [6.45, 7) is 1.74. The zero-order chi connectivity index (χ0) is 14.7. The van der Waals surface area contributed by atoms with E-state index in [0.717, 1.165) is 0 Å². The Morgan fingerprint density at radius 2 is 2.15 bits per heavy atom. The molecule has 1 aromatic heterocycles. The molecule has 0 saturated heterocycles. The van der Waals surface area contributed by atoms with Crippen LogP contribution in [-0.4, -0.2) is 10.9 Å². The van der Waals surface area contributed by atoms with E-state index >= 15 is 0 Å². The highest BCUT2D eigenvalue weighted by Gasteiger charge is 2.11. The maximum Gasteiger partial charge on any atom is 0.255 e. The minimum Gasteiger partial charge on any atom is -0.384 e. The molecule has 1 aromatic carbocycles. The highest BCUT2D eigenvalue weighted by molar-refractivity contribution is 6.31. The van der Waals surface area contributed by atoms with Crippen molar-refractivity contribution in [2.24, 2.45) is 0 Å². The van der Waals surface area contributed by atoms with Crippen molar-refractivity contribution < 1.29 is 4.79 Å². The normalized spacial score (nSPS) is 9.85. The van der Waals surface area contributed by atoms with Crippen LogP contribution in [-0.2, 0) is 0 Å². The molecule has 20 heavy (non-hydrogen) atoms. The Hall–Kier alpha value is -2.58. The molecule has 6 heteroatoms. The van der Waals surface area contributed by atoms with Gasteiger partial charge in [-0.2, -0.15) is 5.26 Å². The molecule has 3 N–H and O–H groups in total. The van der Waals surface area contributed by atoms with Gasteiger partial charge in [0.2, 0.25) is 0 Å². The molecule has 0 aliphatic carbocycles. The largest absolute Gasteiger partial charge is 0.384 e. The lowest BCUT2D eigenvalue weighted by molar-refractivity contribution is 0.102. The first-order chi connectivity index (χ1) is 9.49. The third-order valence-electron chi connectivity index (χ3n) is 2.59. The van der Waals surface area contributed by atoms with Gasteiger partial charge in [0.15, 0.2) is 0 Å². The molecule has 0 fully saturated rings. The number of nitrogens with two attached hydrogens (primary N) is 1. The summed E-state index contributed by atoms with van der Waals surface area (Å²) in [4.78, 5) is 16.1. The second-order valence-corrected chi connectivity index (χ2v) is 4.61. The molecule has 0 unspecified atom stereocenters. The molecule has 5 nitrogen and oxygen atoms in total. The highest BCUT2D eigenvalue weighted by atomic mass is 35.5. The number of pyridine rings is 1. The molecule has 0 atom stereocenters. The average Bonchev–Trinajstić information content (AvgIpc) is 2.37. The molecule has 0 bridgehead atoms. The number of amides is 1. The lowest BCUT2D eigenvalue weighted by Gasteiger charge is -2.08. The molecule has 0 aliphatic rings. The second kappa shape index (κ2) is 5.59. The van der Waals surface area contributed by atoms with E-state index in [2.05, 4.69) is 10.3 Å². The zero-order valence-electron chi connectivity index (χ0n) is 10.6. The van der Waals surface area contributed by atoms with E-state index in [4.69, 9.17) is 22.6 Å². The SMILES string of the molecule is Cc1cc(C(=O)Nc2cc(Cl)ccc2C#N)cc(N)n1. The van der Waals surface area contributed by atoms with E-state index in [1.807, 2.05) is 6.07 Å². The molecular formula is C14H11ClN4O. The van der Waals surface area contributed by atoms with Crippen LogP contribution in [0.1, 0.15) is 21.6 Å². The van der Waals surface area contributed by atoms with Crippen molar-refractivity contribution in [2.45, 2.75) is 6.92 Å². The number of nitriles is 1. The summed E-state index contributed by atoms with van der Waals surface area (Å²) in [6, 6.07) is 9.73. The number of carbonyl (C=O) groups is 1. The van der Waals surface area contributed by atoms with Gasteiger partial charge in [-0.25, -0.2) is 4.98 Å². The molecule has 2 rings (SSSR count). The van der Waals surface area contributed by atoms with E-state index in [-0.39, 0.29) is 11.7 Å². The number of hydrogen-bond donors (Lipinski definition) is 2. The molecule has 2 aromatic rings. The number of aryl methyl sites for hydroxylation is 1. The predicted octanol–water partition coefficient (Wildman–Crippen LogP) is 2.75. The van der Waals surface area contributed by atoms with Gasteiger partial charge in [-0.15, -0.1) is 0 Å². The average molecular weight is 287 g/mol. The third kappa shape index (κ3) is 3.05. The minimum absolute atomic E-state index is 0.266. The van der Waals surface area contributed by atoms with Crippen LogP contribution in [0.3, 0.4) is 0 Å². The maximum atomic E-state index is 12.2. The van der Waals surface area contributed by atoms with E-state index < -0.39 is 0 Å². The number of hydrogen-bond acceptors (Lipinski definition) is 4. The quantitative estimate of drug-likeness (QED) is 0.888. The fraction of sp³-hybridized carbons (Fsp3) is 0.0714. The molecule has 0 spiro atoms. The standard InChI is InChI=1S/C14H11ClN4O/c1-8-4-10(5-13(17)18-8)14(20)19-12-6-11(15)3-2-9(12)7-16/h2-6H,1H3,(H2,17,18)(H,19,20). The molecule has 1 amide bonds. The number of carbonyl (C=O) groups excluding carboxylic acids is 1. The van der Waals surface area contributed by atoms with Crippen molar-refractivity contribution in [1.29, 1.82) is 5.26 Å². The van der Waals surface area contributed by atoms with Crippen LogP contribution < -0.4 is 11.1 Å². The molecule has 0 radical (unpaired) electrons. The summed E-state index contributed by atoms with van der Waals surface area (Å²) in [7, 11) is 0. The van der Waals surface area contributed by atoms with Gasteiger partial charge in [0.05, 0.1) is 11.3 Å². The number of nitrogens with zero attached hydrogens (tertiary/aromatic N) is 2. The van der Waals surface area contributed by atoms with Crippen LogP contribution in [0.2, 0.25) is 5.02 Å². The number of nitrogens with one attached hydrogen (secondary N) is 1. The van der Waals surface area contributed by atoms with Crippen LogP contribution in [0.15, 0.2) is 30.3 Å². The summed E-state index contributed by atoms with van der Waals surface area (Å²) < 4.78 is 0. The molecule has 0 aliphatic heterocycles. The molecule has 0 saturated carbocycles. The predicted molar refractivity (Wildman–Crippen MR) is 77.5 cm³/mol. The number of halogens is 1.